The summed E-state index contributed by atoms with van der Waals surface area (Å²) in [4.78, 5) is 15.2. The zero-order valence-electron chi connectivity index (χ0n) is 11.9. The topological polar surface area (TPSA) is 51.2 Å². The predicted octanol–water partition coefficient (Wildman–Crippen LogP) is 2.86. The van der Waals surface area contributed by atoms with Gasteiger partial charge in [-0.25, -0.2) is 0 Å². The van der Waals surface area contributed by atoms with E-state index in [1.807, 2.05) is 19.2 Å². The Kier molecular flexibility index (Phi) is 7.82. The minimum Gasteiger partial charge on any atom is -0.466 e. The van der Waals surface area contributed by atoms with Crippen molar-refractivity contribution in [1.82, 2.24) is 10.3 Å². The molecule has 0 aliphatic carbocycles. The van der Waals surface area contributed by atoms with Gasteiger partial charge in [0.05, 0.1) is 6.61 Å². The van der Waals surface area contributed by atoms with E-state index in [2.05, 4.69) is 23.3 Å². The van der Waals surface area contributed by atoms with E-state index in [-0.39, 0.29) is 5.97 Å². The van der Waals surface area contributed by atoms with Crippen molar-refractivity contribution >= 4 is 5.97 Å². The number of carbonyl (C=O) groups excluding carboxylic acids is 1. The van der Waals surface area contributed by atoms with Gasteiger partial charge >= 0.3 is 5.97 Å². The van der Waals surface area contributed by atoms with Crippen LogP contribution in [0.2, 0.25) is 0 Å². The summed E-state index contributed by atoms with van der Waals surface area (Å²) in [5, 5.41) is 3.46. The first-order valence-corrected chi connectivity index (χ1v) is 7.03. The zero-order chi connectivity index (χ0) is 13.9. The van der Waals surface area contributed by atoms with Crippen LogP contribution in [0.1, 0.15) is 51.1 Å². The molecule has 1 heterocycles. The molecule has 1 aromatic heterocycles. The van der Waals surface area contributed by atoms with Crippen LogP contribution in [-0.2, 0) is 9.53 Å². The molecule has 0 unspecified atom stereocenters. The van der Waals surface area contributed by atoms with E-state index in [0.29, 0.717) is 19.1 Å². The lowest BCUT2D eigenvalue weighted by Gasteiger charge is -2.13. The molecule has 19 heavy (non-hydrogen) atoms. The Bertz CT molecular complexity index is 354. The molecule has 1 rings (SSSR count). The summed E-state index contributed by atoms with van der Waals surface area (Å²) >= 11 is 0. The average Bonchev–Trinajstić information content (AvgIpc) is 2.43. The molecule has 0 amide bonds. The summed E-state index contributed by atoms with van der Waals surface area (Å²) in [5.74, 6) is -0.0841. The van der Waals surface area contributed by atoms with Gasteiger partial charge < -0.3 is 10.1 Å². The second-order valence-electron chi connectivity index (χ2n) is 4.58. The Balaban J connectivity index is 2.03. The minimum absolute atomic E-state index is 0.0841. The molecule has 0 saturated heterocycles. The molecule has 1 atom stereocenters. The molecule has 1 N–H and O–H groups in total. The minimum atomic E-state index is -0.0841. The van der Waals surface area contributed by atoms with Crippen molar-refractivity contribution in [3.05, 3.63) is 30.1 Å². The first kappa shape index (κ1) is 15.6. The molecule has 106 valence electrons. The van der Waals surface area contributed by atoms with Crippen LogP contribution < -0.4 is 5.32 Å². The SMILES string of the molecule is CCOC(=O)CCCCCN[C@H](C)c1cccnc1. The molecule has 0 saturated carbocycles. The van der Waals surface area contributed by atoms with E-state index in [0.717, 1.165) is 25.8 Å². The fraction of sp³-hybridized carbons (Fsp3) is 0.600. The van der Waals surface area contributed by atoms with Gasteiger partial charge in [0.2, 0.25) is 0 Å². The highest BCUT2D eigenvalue weighted by Gasteiger charge is 2.04. The normalized spacial score (nSPS) is 12.1. The standard InChI is InChI=1S/C15H24N2O2/c1-3-19-15(18)9-5-4-6-11-17-13(2)14-8-7-10-16-12-14/h7-8,10,12-13,17H,3-6,9,11H2,1-2H3/t13-/m1/s1. The Labute approximate surface area is 115 Å². The molecule has 1 aromatic rings. The number of pyridine rings is 1. The van der Waals surface area contributed by atoms with Crippen molar-refractivity contribution in [3.8, 4) is 0 Å². The highest BCUT2D eigenvalue weighted by atomic mass is 16.5. The van der Waals surface area contributed by atoms with Crippen LogP contribution in [0.5, 0.6) is 0 Å². The summed E-state index contributed by atoms with van der Waals surface area (Å²) in [5.41, 5.74) is 1.20. The van der Waals surface area contributed by atoms with Crippen molar-refractivity contribution < 1.29 is 9.53 Å². The van der Waals surface area contributed by atoms with Crippen LogP contribution in [0.4, 0.5) is 0 Å². The van der Waals surface area contributed by atoms with Crippen molar-refractivity contribution in [3.63, 3.8) is 0 Å². The lowest BCUT2D eigenvalue weighted by Crippen LogP contribution is -2.19. The van der Waals surface area contributed by atoms with Crippen molar-refractivity contribution in [2.24, 2.45) is 0 Å². The Morgan fingerprint density at radius 2 is 2.26 bits per heavy atom. The molecule has 4 heteroatoms. The molecule has 0 fully saturated rings. The van der Waals surface area contributed by atoms with Gasteiger partial charge in [-0.15, -0.1) is 0 Å². The van der Waals surface area contributed by atoms with E-state index >= 15 is 0 Å². The number of nitrogens with one attached hydrogen (secondary N) is 1. The van der Waals surface area contributed by atoms with Gasteiger partial charge in [-0.1, -0.05) is 12.5 Å². The number of carbonyl (C=O) groups is 1. The van der Waals surface area contributed by atoms with Crippen LogP contribution in [-0.4, -0.2) is 24.1 Å². The fourth-order valence-corrected chi connectivity index (χ4v) is 1.87. The quantitative estimate of drug-likeness (QED) is 0.550. The number of hydrogen-bond donors (Lipinski definition) is 1. The number of ether oxygens (including phenoxy) is 1. The largest absolute Gasteiger partial charge is 0.466 e. The first-order valence-electron chi connectivity index (χ1n) is 7.03. The van der Waals surface area contributed by atoms with Gasteiger partial charge in [0, 0.05) is 24.9 Å². The third-order valence-electron chi connectivity index (χ3n) is 3.00. The fourth-order valence-electron chi connectivity index (χ4n) is 1.87. The van der Waals surface area contributed by atoms with E-state index in [4.69, 9.17) is 4.74 Å². The molecule has 0 radical (unpaired) electrons. The molecular weight excluding hydrogens is 240 g/mol. The van der Waals surface area contributed by atoms with Crippen LogP contribution in [0.25, 0.3) is 0 Å². The second kappa shape index (κ2) is 9.50. The molecule has 0 aliphatic heterocycles. The highest BCUT2D eigenvalue weighted by molar-refractivity contribution is 5.69. The Morgan fingerprint density at radius 3 is 2.95 bits per heavy atom. The zero-order valence-corrected chi connectivity index (χ0v) is 11.9. The Hall–Kier alpha value is -1.42. The third-order valence-corrected chi connectivity index (χ3v) is 3.00. The maximum atomic E-state index is 11.1. The average molecular weight is 264 g/mol. The monoisotopic (exact) mass is 264 g/mol. The maximum Gasteiger partial charge on any atom is 0.305 e. The van der Waals surface area contributed by atoms with Gasteiger partial charge in [-0.3, -0.25) is 9.78 Å². The molecule has 4 nitrogen and oxygen atoms in total. The third kappa shape index (κ3) is 6.91. The van der Waals surface area contributed by atoms with Crippen molar-refractivity contribution in [2.75, 3.05) is 13.2 Å². The number of rotatable bonds is 9. The summed E-state index contributed by atoms with van der Waals surface area (Å²) in [6, 6.07) is 4.34. The summed E-state index contributed by atoms with van der Waals surface area (Å²) in [7, 11) is 0. The molecule has 0 bridgehead atoms. The maximum absolute atomic E-state index is 11.1. The van der Waals surface area contributed by atoms with E-state index < -0.39 is 0 Å². The molecule has 0 aromatic carbocycles. The number of aromatic nitrogens is 1. The molecular formula is C15H24N2O2. The smallest absolute Gasteiger partial charge is 0.305 e. The van der Waals surface area contributed by atoms with Gasteiger partial charge in [0.1, 0.15) is 0 Å². The predicted molar refractivity (Wildman–Crippen MR) is 75.8 cm³/mol. The van der Waals surface area contributed by atoms with Gasteiger partial charge in [-0.05, 0) is 44.9 Å². The van der Waals surface area contributed by atoms with Crippen molar-refractivity contribution in [1.29, 1.82) is 0 Å². The van der Waals surface area contributed by atoms with Gasteiger partial charge in [0.25, 0.3) is 0 Å². The summed E-state index contributed by atoms with van der Waals surface area (Å²) in [6.07, 6.45) is 7.23. The van der Waals surface area contributed by atoms with Crippen LogP contribution in [0.15, 0.2) is 24.5 Å². The van der Waals surface area contributed by atoms with E-state index in [1.165, 1.54) is 5.56 Å². The molecule has 0 spiro atoms. The lowest BCUT2D eigenvalue weighted by molar-refractivity contribution is -0.143. The van der Waals surface area contributed by atoms with Crippen LogP contribution >= 0.6 is 0 Å². The number of unbranched alkanes of at least 4 members (excludes halogenated alkanes) is 2. The summed E-state index contributed by atoms with van der Waals surface area (Å²) in [6.45, 7) is 5.40. The lowest BCUT2D eigenvalue weighted by atomic mass is 10.1. The highest BCUT2D eigenvalue weighted by Crippen LogP contribution is 2.10. The van der Waals surface area contributed by atoms with Crippen LogP contribution in [0.3, 0.4) is 0 Å². The first-order chi connectivity index (χ1) is 9.24. The summed E-state index contributed by atoms with van der Waals surface area (Å²) < 4.78 is 4.88. The van der Waals surface area contributed by atoms with Gasteiger partial charge in [0.15, 0.2) is 0 Å². The molecule has 0 aliphatic rings. The number of nitrogens with zero attached hydrogens (tertiary/aromatic N) is 1. The number of hydrogen-bond acceptors (Lipinski definition) is 4. The van der Waals surface area contributed by atoms with Gasteiger partial charge in [-0.2, -0.15) is 0 Å². The van der Waals surface area contributed by atoms with E-state index in [1.54, 1.807) is 6.20 Å². The van der Waals surface area contributed by atoms with Crippen LogP contribution in [0, 0.1) is 0 Å². The van der Waals surface area contributed by atoms with Crippen molar-refractivity contribution in [2.45, 2.75) is 45.6 Å². The number of esters is 1. The second-order valence-corrected chi connectivity index (χ2v) is 4.58. The van der Waals surface area contributed by atoms with E-state index in [9.17, 15) is 4.79 Å². The Morgan fingerprint density at radius 1 is 1.42 bits per heavy atom.